The molecule has 0 bridgehead atoms. The van der Waals surface area contributed by atoms with E-state index in [0.29, 0.717) is 12.1 Å². The number of hydrogen-bond acceptors (Lipinski definition) is 6. The van der Waals surface area contributed by atoms with Crippen molar-refractivity contribution in [1.82, 2.24) is 20.9 Å². The van der Waals surface area contributed by atoms with E-state index in [-0.39, 0.29) is 18.7 Å². The number of aromatic nitrogens is 1. The van der Waals surface area contributed by atoms with E-state index in [2.05, 4.69) is 20.9 Å². The standard InChI is InChI=1S/C33H40N6O4/c1-20(34)32(42)36-21(2)33(43)38-27(18-22-8-4-3-5-9-22)29(40)16-17-30(41)39-31(23-12-14-25(35)15-13-23)28-19-24-10-6-7-11-26(24)37-28/h3-15,19-21,27,29,31,37,40H,16-18,34-35H2,1-2H3,(H,36,42)(H,38,43)(H,39,41)/t20-,21-,27-,29-,31?/m0/s1. The fraction of sp³-hybridized carbons (Fsp3) is 0.303. The SMILES string of the molecule is C[C@H](N)C(=O)N[C@@H](C)C(=O)N[C@@H](Cc1ccccc1)[C@@H](O)CCC(=O)NC(c1ccc(N)cc1)c1cc2ccccc2[nH]1. The highest BCUT2D eigenvalue weighted by Gasteiger charge is 2.27. The molecule has 0 aliphatic rings. The number of carbonyl (C=O) groups is 3. The highest BCUT2D eigenvalue weighted by molar-refractivity contribution is 5.89. The van der Waals surface area contributed by atoms with Gasteiger partial charge < -0.3 is 37.5 Å². The van der Waals surface area contributed by atoms with Crippen molar-refractivity contribution in [3.8, 4) is 0 Å². The van der Waals surface area contributed by atoms with Gasteiger partial charge in [-0.25, -0.2) is 0 Å². The number of rotatable bonds is 13. The number of anilines is 1. The quantitative estimate of drug-likeness (QED) is 0.119. The van der Waals surface area contributed by atoms with Crippen molar-refractivity contribution >= 4 is 34.3 Å². The molecule has 0 spiro atoms. The fourth-order valence-electron chi connectivity index (χ4n) is 4.86. The van der Waals surface area contributed by atoms with E-state index in [9.17, 15) is 19.5 Å². The van der Waals surface area contributed by atoms with E-state index in [1.54, 1.807) is 19.1 Å². The number of aliphatic hydroxyl groups is 1. The second-order valence-corrected chi connectivity index (χ2v) is 10.9. The summed E-state index contributed by atoms with van der Waals surface area (Å²) in [6, 6.07) is 23.8. The zero-order chi connectivity index (χ0) is 30.9. The number of nitrogen functional groups attached to an aromatic ring is 1. The van der Waals surface area contributed by atoms with Crippen LogP contribution in [-0.4, -0.2) is 52.0 Å². The molecule has 10 nitrogen and oxygen atoms in total. The first kappa shape index (κ1) is 31.3. The Morgan fingerprint density at radius 3 is 2.21 bits per heavy atom. The lowest BCUT2D eigenvalue weighted by molar-refractivity contribution is -0.130. The lowest BCUT2D eigenvalue weighted by atomic mass is 9.97. The number of amides is 3. The van der Waals surface area contributed by atoms with Gasteiger partial charge in [0, 0.05) is 23.3 Å². The molecule has 43 heavy (non-hydrogen) atoms. The van der Waals surface area contributed by atoms with Crippen LogP contribution in [0, 0.1) is 0 Å². The van der Waals surface area contributed by atoms with Gasteiger partial charge in [-0.05, 0) is 67.5 Å². The van der Waals surface area contributed by atoms with Gasteiger partial charge in [0.1, 0.15) is 6.04 Å². The molecule has 0 saturated carbocycles. The summed E-state index contributed by atoms with van der Waals surface area (Å²) in [5.74, 6) is -1.17. The van der Waals surface area contributed by atoms with E-state index in [0.717, 1.165) is 27.7 Å². The van der Waals surface area contributed by atoms with Crippen LogP contribution in [0.5, 0.6) is 0 Å². The summed E-state index contributed by atoms with van der Waals surface area (Å²) in [4.78, 5) is 41.6. The van der Waals surface area contributed by atoms with E-state index >= 15 is 0 Å². The molecule has 4 rings (SSSR count). The molecule has 0 fully saturated rings. The number of para-hydroxylation sites is 1. The number of H-pyrrole nitrogens is 1. The Balaban J connectivity index is 1.45. The molecular formula is C33H40N6O4. The number of aliphatic hydroxyl groups excluding tert-OH is 1. The molecule has 1 aromatic heterocycles. The number of fused-ring (bicyclic) bond motifs is 1. The van der Waals surface area contributed by atoms with Crippen molar-refractivity contribution in [3.05, 3.63) is 102 Å². The first-order valence-corrected chi connectivity index (χ1v) is 14.4. The molecule has 4 aromatic rings. The molecule has 10 heteroatoms. The fourth-order valence-corrected chi connectivity index (χ4v) is 4.86. The van der Waals surface area contributed by atoms with Crippen molar-refractivity contribution in [1.29, 1.82) is 0 Å². The van der Waals surface area contributed by atoms with Crippen LogP contribution < -0.4 is 27.4 Å². The Kier molecular flexibility index (Phi) is 10.5. The lowest BCUT2D eigenvalue weighted by Gasteiger charge is -2.27. The predicted molar refractivity (Wildman–Crippen MR) is 168 cm³/mol. The zero-order valence-corrected chi connectivity index (χ0v) is 24.4. The van der Waals surface area contributed by atoms with Crippen molar-refractivity contribution in [2.75, 3.05) is 5.73 Å². The summed E-state index contributed by atoms with van der Waals surface area (Å²) in [5.41, 5.74) is 15.7. The van der Waals surface area contributed by atoms with Crippen LogP contribution in [-0.2, 0) is 20.8 Å². The number of benzene rings is 3. The van der Waals surface area contributed by atoms with Gasteiger partial charge in [-0.2, -0.15) is 0 Å². The van der Waals surface area contributed by atoms with Gasteiger partial charge in [0.15, 0.2) is 0 Å². The highest BCUT2D eigenvalue weighted by atomic mass is 16.3. The maximum Gasteiger partial charge on any atom is 0.242 e. The van der Waals surface area contributed by atoms with Gasteiger partial charge in [-0.3, -0.25) is 14.4 Å². The van der Waals surface area contributed by atoms with Gasteiger partial charge in [0.2, 0.25) is 17.7 Å². The van der Waals surface area contributed by atoms with Crippen molar-refractivity contribution < 1.29 is 19.5 Å². The lowest BCUT2D eigenvalue weighted by Crippen LogP contribution is -2.54. The number of nitrogens with one attached hydrogen (secondary N) is 4. The minimum atomic E-state index is -1.03. The smallest absolute Gasteiger partial charge is 0.242 e. The molecule has 1 heterocycles. The molecule has 226 valence electrons. The van der Waals surface area contributed by atoms with Gasteiger partial charge in [0.25, 0.3) is 0 Å². The van der Waals surface area contributed by atoms with E-state index in [1.165, 1.54) is 6.92 Å². The minimum Gasteiger partial charge on any atom is -0.399 e. The van der Waals surface area contributed by atoms with Gasteiger partial charge in [-0.1, -0.05) is 60.7 Å². The second-order valence-electron chi connectivity index (χ2n) is 10.9. The van der Waals surface area contributed by atoms with Crippen LogP contribution >= 0.6 is 0 Å². The third-order valence-electron chi connectivity index (χ3n) is 7.36. The number of aromatic amines is 1. The Hall–Kier alpha value is -4.67. The normalized spacial score (nSPS) is 14.7. The van der Waals surface area contributed by atoms with Gasteiger partial charge in [0.05, 0.1) is 24.2 Å². The van der Waals surface area contributed by atoms with Crippen molar-refractivity contribution in [2.24, 2.45) is 5.73 Å². The molecule has 0 aliphatic carbocycles. The third kappa shape index (κ3) is 8.67. The average Bonchev–Trinajstić information content (AvgIpc) is 3.43. The molecule has 0 aliphatic heterocycles. The van der Waals surface area contributed by atoms with E-state index in [4.69, 9.17) is 11.5 Å². The first-order valence-electron chi connectivity index (χ1n) is 14.4. The van der Waals surface area contributed by atoms with Gasteiger partial charge >= 0.3 is 0 Å². The molecule has 0 radical (unpaired) electrons. The Morgan fingerprint density at radius 2 is 1.53 bits per heavy atom. The predicted octanol–water partition coefficient (Wildman–Crippen LogP) is 2.68. The monoisotopic (exact) mass is 584 g/mol. The topological polar surface area (TPSA) is 175 Å². The molecule has 0 saturated heterocycles. The summed E-state index contributed by atoms with van der Waals surface area (Å²) in [6.07, 6.45) is -0.572. The van der Waals surface area contributed by atoms with Crippen LogP contribution in [0.3, 0.4) is 0 Å². The molecule has 1 unspecified atom stereocenters. The molecule has 9 N–H and O–H groups in total. The van der Waals surface area contributed by atoms with Crippen LogP contribution in [0.1, 0.15) is 49.6 Å². The first-order chi connectivity index (χ1) is 20.6. The minimum absolute atomic E-state index is 0.0189. The van der Waals surface area contributed by atoms with Crippen molar-refractivity contribution in [2.45, 2.75) is 63.4 Å². The van der Waals surface area contributed by atoms with Crippen molar-refractivity contribution in [3.63, 3.8) is 0 Å². The van der Waals surface area contributed by atoms with E-state index < -0.39 is 42.1 Å². The third-order valence-corrected chi connectivity index (χ3v) is 7.36. The summed E-state index contributed by atoms with van der Waals surface area (Å²) >= 11 is 0. The maximum absolute atomic E-state index is 13.3. The Morgan fingerprint density at radius 1 is 0.860 bits per heavy atom. The molecule has 3 amide bonds. The molecule has 5 atom stereocenters. The maximum atomic E-state index is 13.3. The van der Waals surface area contributed by atoms with Crippen LogP contribution in [0.25, 0.3) is 10.9 Å². The van der Waals surface area contributed by atoms with E-state index in [1.807, 2.05) is 72.8 Å². The average molecular weight is 585 g/mol. The second kappa shape index (κ2) is 14.5. The van der Waals surface area contributed by atoms with Crippen LogP contribution in [0.15, 0.2) is 84.9 Å². The summed E-state index contributed by atoms with van der Waals surface area (Å²) < 4.78 is 0. The molecular weight excluding hydrogens is 544 g/mol. The summed E-state index contributed by atoms with van der Waals surface area (Å²) in [5, 5.41) is 20.7. The summed E-state index contributed by atoms with van der Waals surface area (Å²) in [7, 11) is 0. The molecule has 3 aromatic carbocycles. The van der Waals surface area contributed by atoms with Crippen LogP contribution in [0.2, 0.25) is 0 Å². The highest BCUT2D eigenvalue weighted by Crippen LogP contribution is 2.26. The van der Waals surface area contributed by atoms with Crippen LogP contribution in [0.4, 0.5) is 5.69 Å². The number of carbonyl (C=O) groups excluding carboxylic acids is 3. The Bertz CT molecular complexity index is 1490. The number of hydrogen-bond donors (Lipinski definition) is 7. The van der Waals surface area contributed by atoms with Gasteiger partial charge in [-0.15, -0.1) is 0 Å². The Labute approximate surface area is 251 Å². The number of nitrogens with two attached hydrogens (primary N) is 2. The largest absolute Gasteiger partial charge is 0.399 e. The summed E-state index contributed by atoms with van der Waals surface area (Å²) in [6.45, 7) is 3.08. The zero-order valence-electron chi connectivity index (χ0n) is 24.4.